The van der Waals surface area contributed by atoms with Gasteiger partial charge in [-0.15, -0.1) is 0 Å². The Morgan fingerprint density at radius 2 is 1.55 bits per heavy atom. The van der Waals surface area contributed by atoms with E-state index < -0.39 is 0 Å². The summed E-state index contributed by atoms with van der Waals surface area (Å²) in [6.07, 6.45) is 7.21. The number of esters is 2. The zero-order valence-electron chi connectivity index (χ0n) is 12.9. The molecule has 120 valence electrons. The van der Waals surface area contributed by atoms with Gasteiger partial charge in [0.2, 0.25) is 0 Å². The van der Waals surface area contributed by atoms with Gasteiger partial charge in [-0.05, 0) is 61.2 Å². The fourth-order valence-corrected chi connectivity index (χ4v) is 5.30. The third-order valence-corrected chi connectivity index (χ3v) is 6.00. The Bertz CT molecular complexity index is 483. The van der Waals surface area contributed by atoms with Crippen LogP contribution in [0.3, 0.4) is 0 Å². The average molecular weight is 304 g/mol. The lowest BCUT2D eigenvalue weighted by Crippen LogP contribution is -2.31. The van der Waals surface area contributed by atoms with E-state index in [1.807, 2.05) is 0 Å². The third-order valence-electron chi connectivity index (χ3n) is 6.00. The third kappa shape index (κ3) is 2.71. The highest BCUT2D eigenvalue weighted by atomic mass is 16.5. The molecule has 0 radical (unpaired) electrons. The molecule has 4 heteroatoms. The van der Waals surface area contributed by atoms with Crippen molar-refractivity contribution < 1.29 is 19.1 Å². The number of rotatable bonds is 6. The molecule has 3 saturated carbocycles. The van der Waals surface area contributed by atoms with Gasteiger partial charge < -0.3 is 9.47 Å². The first-order chi connectivity index (χ1) is 10.6. The molecule has 0 aromatic carbocycles. The monoisotopic (exact) mass is 304 g/mol. The Kier molecular flexibility index (Phi) is 4.37. The fourth-order valence-electron chi connectivity index (χ4n) is 5.30. The number of fused-ring (bicyclic) bond motifs is 5. The molecule has 3 aliphatic carbocycles. The molecule has 0 N–H and O–H groups in total. The van der Waals surface area contributed by atoms with Gasteiger partial charge in [0, 0.05) is 12.2 Å². The second kappa shape index (κ2) is 6.27. The van der Waals surface area contributed by atoms with E-state index in [1.165, 1.54) is 25.0 Å². The molecule has 4 unspecified atom stereocenters. The quantitative estimate of drug-likeness (QED) is 0.559. The zero-order chi connectivity index (χ0) is 15.7. The topological polar surface area (TPSA) is 52.6 Å². The molecule has 6 atom stereocenters. The van der Waals surface area contributed by atoms with Crippen molar-refractivity contribution in [2.24, 2.45) is 35.5 Å². The van der Waals surface area contributed by atoms with E-state index in [0.717, 1.165) is 18.8 Å². The lowest BCUT2D eigenvalue weighted by molar-refractivity contribution is -0.140. The van der Waals surface area contributed by atoms with Crippen molar-refractivity contribution in [2.45, 2.75) is 25.7 Å². The molecule has 4 nitrogen and oxygen atoms in total. The van der Waals surface area contributed by atoms with Crippen LogP contribution in [0.15, 0.2) is 25.3 Å². The Morgan fingerprint density at radius 1 is 0.909 bits per heavy atom. The van der Waals surface area contributed by atoms with Crippen LogP contribution in [0.5, 0.6) is 0 Å². The lowest BCUT2D eigenvalue weighted by Gasteiger charge is -2.33. The summed E-state index contributed by atoms with van der Waals surface area (Å²) in [5.41, 5.74) is 0. The highest BCUT2D eigenvalue weighted by Crippen LogP contribution is 2.62. The molecular weight excluding hydrogens is 280 g/mol. The minimum absolute atomic E-state index is 0.319. The van der Waals surface area contributed by atoms with E-state index in [4.69, 9.17) is 9.47 Å². The summed E-state index contributed by atoms with van der Waals surface area (Å²) in [5.74, 6) is 3.16. The summed E-state index contributed by atoms with van der Waals surface area (Å²) < 4.78 is 10.5. The molecule has 3 fully saturated rings. The second-order valence-electron chi connectivity index (χ2n) is 6.90. The van der Waals surface area contributed by atoms with E-state index >= 15 is 0 Å². The molecule has 0 spiro atoms. The van der Waals surface area contributed by atoms with Crippen LogP contribution < -0.4 is 0 Å². The molecule has 0 amide bonds. The molecule has 0 saturated heterocycles. The molecule has 0 aromatic rings. The molecule has 0 aliphatic heterocycles. The first kappa shape index (κ1) is 15.3. The second-order valence-corrected chi connectivity index (χ2v) is 6.90. The van der Waals surface area contributed by atoms with Crippen LogP contribution in [0.2, 0.25) is 0 Å². The number of carbonyl (C=O) groups excluding carboxylic acids is 2. The van der Waals surface area contributed by atoms with Gasteiger partial charge in [0.15, 0.2) is 0 Å². The van der Waals surface area contributed by atoms with Gasteiger partial charge in [-0.1, -0.05) is 13.2 Å². The summed E-state index contributed by atoms with van der Waals surface area (Å²) in [6.45, 7) is 7.94. The largest absolute Gasteiger partial charge is 0.462 e. The van der Waals surface area contributed by atoms with Gasteiger partial charge in [-0.2, -0.15) is 0 Å². The molecule has 3 rings (SSSR count). The molecule has 3 aliphatic rings. The van der Waals surface area contributed by atoms with Gasteiger partial charge in [-0.25, -0.2) is 9.59 Å². The first-order valence-corrected chi connectivity index (χ1v) is 8.22. The molecular formula is C18H24O4. The summed E-state index contributed by atoms with van der Waals surface area (Å²) in [7, 11) is 0. The van der Waals surface area contributed by atoms with Crippen molar-refractivity contribution in [3.63, 3.8) is 0 Å². The Hall–Kier alpha value is -1.58. The lowest BCUT2D eigenvalue weighted by atomic mass is 9.73. The molecule has 22 heavy (non-hydrogen) atoms. The zero-order valence-corrected chi connectivity index (χ0v) is 12.9. The predicted octanol–water partition coefficient (Wildman–Crippen LogP) is 2.74. The highest BCUT2D eigenvalue weighted by Gasteiger charge is 2.57. The fraction of sp³-hybridized carbons (Fsp3) is 0.667. The minimum atomic E-state index is -0.319. The van der Waals surface area contributed by atoms with Crippen molar-refractivity contribution >= 4 is 11.9 Å². The number of hydrogen-bond donors (Lipinski definition) is 0. The van der Waals surface area contributed by atoms with Crippen molar-refractivity contribution in [1.29, 1.82) is 0 Å². The number of hydrogen-bond acceptors (Lipinski definition) is 4. The maximum absolute atomic E-state index is 11.3. The maximum Gasteiger partial charge on any atom is 0.330 e. The van der Waals surface area contributed by atoms with Gasteiger partial charge >= 0.3 is 11.9 Å². The Morgan fingerprint density at radius 3 is 2.18 bits per heavy atom. The minimum Gasteiger partial charge on any atom is -0.462 e. The number of carbonyl (C=O) groups is 2. The van der Waals surface area contributed by atoms with E-state index in [2.05, 4.69) is 13.2 Å². The SMILES string of the molecule is C=CC(=O)OCC1CCC2C1[C@H]1CC(COC(=O)C=C)[C@@H]2C1. The summed E-state index contributed by atoms with van der Waals surface area (Å²) >= 11 is 0. The smallest absolute Gasteiger partial charge is 0.330 e. The van der Waals surface area contributed by atoms with Crippen LogP contribution in [-0.4, -0.2) is 25.2 Å². The van der Waals surface area contributed by atoms with E-state index in [9.17, 15) is 9.59 Å². The standard InChI is InChI=1S/C18H24O4/c1-3-16(19)21-9-11-5-6-14-15-8-12(18(11)14)7-13(15)10-22-17(20)4-2/h3-4,11-15,18H,1-2,5-10H2/t11?,12-,13?,14?,15-,18?/m0/s1. The molecule has 0 aromatic heterocycles. The van der Waals surface area contributed by atoms with Crippen LogP contribution in [0.1, 0.15) is 25.7 Å². The van der Waals surface area contributed by atoms with Crippen molar-refractivity contribution in [3.8, 4) is 0 Å². The normalized spacial score (nSPS) is 38.4. The summed E-state index contributed by atoms with van der Waals surface area (Å²) in [5, 5.41) is 0. The van der Waals surface area contributed by atoms with E-state index in [0.29, 0.717) is 42.8 Å². The van der Waals surface area contributed by atoms with Crippen LogP contribution in [0.25, 0.3) is 0 Å². The van der Waals surface area contributed by atoms with Gasteiger partial charge in [0.05, 0.1) is 13.2 Å². The number of ether oxygens (including phenoxy) is 2. The van der Waals surface area contributed by atoms with Crippen molar-refractivity contribution in [3.05, 3.63) is 25.3 Å². The first-order valence-electron chi connectivity index (χ1n) is 8.22. The molecule has 0 heterocycles. The Labute approximate surface area is 131 Å². The molecule has 2 bridgehead atoms. The van der Waals surface area contributed by atoms with Crippen LogP contribution in [0.4, 0.5) is 0 Å². The Balaban J connectivity index is 1.55. The maximum atomic E-state index is 11.3. The van der Waals surface area contributed by atoms with Crippen LogP contribution in [-0.2, 0) is 19.1 Å². The highest BCUT2D eigenvalue weighted by molar-refractivity contribution is 5.81. The van der Waals surface area contributed by atoms with Crippen molar-refractivity contribution in [1.82, 2.24) is 0 Å². The average Bonchev–Trinajstić information content (AvgIpc) is 3.21. The van der Waals surface area contributed by atoms with Crippen molar-refractivity contribution in [2.75, 3.05) is 13.2 Å². The summed E-state index contributed by atoms with van der Waals surface area (Å²) in [6, 6.07) is 0. The predicted molar refractivity (Wildman–Crippen MR) is 81.7 cm³/mol. The van der Waals surface area contributed by atoms with Gasteiger partial charge in [-0.3, -0.25) is 0 Å². The van der Waals surface area contributed by atoms with Gasteiger partial charge in [0.1, 0.15) is 0 Å². The van der Waals surface area contributed by atoms with Crippen LogP contribution in [0, 0.1) is 35.5 Å². The van der Waals surface area contributed by atoms with Gasteiger partial charge in [0.25, 0.3) is 0 Å². The van der Waals surface area contributed by atoms with Crippen LogP contribution >= 0.6 is 0 Å². The summed E-state index contributed by atoms with van der Waals surface area (Å²) in [4.78, 5) is 22.5. The van der Waals surface area contributed by atoms with E-state index in [1.54, 1.807) is 0 Å². The van der Waals surface area contributed by atoms with E-state index in [-0.39, 0.29) is 11.9 Å².